The summed E-state index contributed by atoms with van der Waals surface area (Å²) in [6.07, 6.45) is 6.72. The Bertz CT molecular complexity index is 988. The number of fused-ring (bicyclic) bond motifs is 1. The minimum Gasteiger partial charge on any atom is -0.478 e. The average molecular weight is 376 g/mol. The van der Waals surface area contributed by atoms with E-state index in [0.29, 0.717) is 11.6 Å². The molecule has 4 heteroatoms. The number of nitrogens with zero attached hydrogens (tertiary/aromatic N) is 1. The van der Waals surface area contributed by atoms with E-state index in [4.69, 9.17) is 5.11 Å². The van der Waals surface area contributed by atoms with Crippen molar-refractivity contribution >= 4 is 16.9 Å². The molecule has 1 aliphatic heterocycles. The molecule has 1 aromatic heterocycles. The molecular formula is C24H28N2O2. The van der Waals surface area contributed by atoms with E-state index in [-0.39, 0.29) is 0 Å². The summed E-state index contributed by atoms with van der Waals surface area (Å²) >= 11 is 0. The Morgan fingerprint density at radius 1 is 1.14 bits per heavy atom. The van der Waals surface area contributed by atoms with Crippen LogP contribution in [0.3, 0.4) is 0 Å². The molecule has 0 aliphatic carbocycles. The number of aromatic carboxylic acids is 1. The topological polar surface area (TPSA) is 56.3 Å². The van der Waals surface area contributed by atoms with Crippen LogP contribution in [0.15, 0.2) is 42.6 Å². The number of piperidine rings is 1. The lowest BCUT2D eigenvalue weighted by atomic mass is 9.93. The van der Waals surface area contributed by atoms with Gasteiger partial charge >= 0.3 is 5.97 Å². The van der Waals surface area contributed by atoms with Crippen LogP contribution in [0.5, 0.6) is 0 Å². The molecule has 146 valence electrons. The van der Waals surface area contributed by atoms with Gasteiger partial charge in [0.2, 0.25) is 0 Å². The lowest BCUT2D eigenvalue weighted by molar-refractivity contribution is 0.0697. The van der Waals surface area contributed by atoms with Crippen molar-refractivity contribution in [2.45, 2.75) is 52.1 Å². The van der Waals surface area contributed by atoms with Crippen molar-refractivity contribution in [3.8, 4) is 0 Å². The summed E-state index contributed by atoms with van der Waals surface area (Å²) in [4.78, 5) is 17.1. The molecule has 0 radical (unpaired) electrons. The number of carboxylic acids is 1. The molecule has 1 atom stereocenters. The van der Waals surface area contributed by atoms with Crippen molar-refractivity contribution in [1.82, 2.24) is 9.88 Å². The van der Waals surface area contributed by atoms with Crippen LogP contribution in [0, 0.1) is 13.8 Å². The number of rotatable bonds is 5. The molecule has 1 unspecified atom stereocenters. The summed E-state index contributed by atoms with van der Waals surface area (Å²) in [6, 6.07) is 12.4. The maximum absolute atomic E-state index is 11.1. The van der Waals surface area contributed by atoms with Gasteiger partial charge in [0.25, 0.3) is 0 Å². The third kappa shape index (κ3) is 3.69. The van der Waals surface area contributed by atoms with Crippen LogP contribution in [-0.4, -0.2) is 33.5 Å². The van der Waals surface area contributed by atoms with Crippen LogP contribution in [0.2, 0.25) is 0 Å². The van der Waals surface area contributed by atoms with Gasteiger partial charge in [-0.2, -0.15) is 0 Å². The zero-order chi connectivity index (χ0) is 19.7. The van der Waals surface area contributed by atoms with Crippen molar-refractivity contribution in [3.63, 3.8) is 0 Å². The SMILES string of the molecule is Cc1cc(C)c2[nH]ccc2c1CN1CCCCC1Cc1ccc(C(=O)O)cc1. The summed E-state index contributed by atoms with van der Waals surface area (Å²) in [7, 11) is 0. The van der Waals surface area contributed by atoms with E-state index < -0.39 is 5.97 Å². The molecule has 2 N–H and O–H groups in total. The Morgan fingerprint density at radius 3 is 2.68 bits per heavy atom. The van der Waals surface area contributed by atoms with Crippen LogP contribution in [0.1, 0.15) is 51.9 Å². The number of H-pyrrole nitrogens is 1. The highest BCUT2D eigenvalue weighted by molar-refractivity contribution is 5.87. The van der Waals surface area contributed by atoms with Crippen molar-refractivity contribution < 1.29 is 9.90 Å². The Balaban J connectivity index is 1.56. The molecule has 1 aliphatic rings. The zero-order valence-corrected chi connectivity index (χ0v) is 16.7. The number of carbonyl (C=O) groups is 1. The van der Waals surface area contributed by atoms with E-state index in [0.717, 1.165) is 19.5 Å². The van der Waals surface area contributed by atoms with E-state index >= 15 is 0 Å². The van der Waals surface area contributed by atoms with E-state index in [1.807, 2.05) is 18.3 Å². The van der Waals surface area contributed by atoms with Gasteiger partial charge in [0.05, 0.1) is 5.56 Å². The van der Waals surface area contributed by atoms with Crippen molar-refractivity contribution in [2.24, 2.45) is 0 Å². The first kappa shape index (κ1) is 18.8. The first-order valence-corrected chi connectivity index (χ1v) is 10.2. The maximum Gasteiger partial charge on any atom is 0.335 e. The Kier molecular flexibility index (Phi) is 5.23. The van der Waals surface area contributed by atoms with Crippen LogP contribution in [0.25, 0.3) is 10.9 Å². The second-order valence-corrected chi connectivity index (χ2v) is 8.08. The van der Waals surface area contributed by atoms with E-state index in [2.05, 4.69) is 35.9 Å². The molecule has 2 aromatic carbocycles. The van der Waals surface area contributed by atoms with Crippen LogP contribution in [0.4, 0.5) is 0 Å². The van der Waals surface area contributed by atoms with E-state index in [1.165, 1.54) is 52.4 Å². The summed E-state index contributed by atoms with van der Waals surface area (Å²) in [6.45, 7) is 6.48. The summed E-state index contributed by atoms with van der Waals surface area (Å²) in [5.74, 6) is -0.865. The molecule has 2 heterocycles. The van der Waals surface area contributed by atoms with Gasteiger partial charge in [0, 0.05) is 29.7 Å². The standard InChI is InChI=1S/C24H28N2O2/c1-16-13-17(2)23-21(10-11-25-23)22(16)15-26-12-4-3-5-20(26)14-18-6-8-19(9-7-18)24(27)28/h6-11,13,20,25H,3-5,12,14-15H2,1-2H3,(H,27,28). The Morgan fingerprint density at radius 2 is 1.93 bits per heavy atom. The van der Waals surface area contributed by atoms with Crippen LogP contribution < -0.4 is 0 Å². The van der Waals surface area contributed by atoms with Gasteiger partial charge in [0.15, 0.2) is 0 Å². The second kappa shape index (κ2) is 7.80. The van der Waals surface area contributed by atoms with Gasteiger partial charge in [-0.05, 0) is 80.1 Å². The molecule has 0 saturated carbocycles. The van der Waals surface area contributed by atoms with Crippen molar-refractivity contribution in [3.05, 3.63) is 70.4 Å². The number of aromatic amines is 1. The quantitative estimate of drug-likeness (QED) is 0.653. The van der Waals surface area contributed by atoms with E-state index in [1.54, 1.807) is 12.1 Å². The number of hydrogen-bond acceptors (Lipinski definition) is 2. The van der Waals surface area contributed by atoms with Crippen molar-refractivity contribution in [1.29, 1.82) is 0 Å². The molecule has 4 nitrogen and oxygen atoms in total. The highest BCUT2D eigenvalue weighted by Crippen LogP contribution is 2.29. The smallest absolute Gasteiger partial charge is 0.335 e. The van der Waals surface area contributed by atoms with Gasteiger partial charge in [-0.1, -0.05) is 24.6 Å². The predicted molar refractivity (Wildman–Crippen MR) is 113 cm³/mol. The highest BCUT2D eigenvalue weighted by atomic mass is 16.4. The third-order valence-electron chi connectivity index (χ3n) is 6.16. The van der Waals surface area contributed by atoms with E-state index in [9.17, 15) is 4.79 Å². The lowest BCUT2D eigenvalue weighted by Crippen LogP contribution is -2.40. The molecule has 0 bridgehead atoms. The fraction of sp³-hybridized carbons (Fsp3) is 0.375. The molecule has 28 heavy (non-hydrogen) atoms. The minimum absolute atomic E-state index is 0.356. The normalized spacial score (nSPS) is 17.9. The lowest BCUT2D eigenvalue weighted by Gasteiger charge is -2.36. The highest BCUT2D eigenvalue weighted by Gasteiger charge is 2.24. The molecular weight excluding hydrogens is 348 g/mol. The average Bonchev–Trinajstić information content (AvgIpc) is 3.17. The second-order valence-electron chi connectivity index (χ2n) is 8.08. The van der Waals surface area contributed by atoms with Crippen LogP contribution in [-0.2, 0) is 13.0 Å². The monoisotopic (exact) mass is 376 g/mol. The van der Waals surface area contributed by atoms with Crippen molar-refractivity contribution in [2.75, 3.05) is 6.54 Å². The number of hydrogen-bond donors (Lipinski definition) is 2. The number of aromatic nitrogens is 1. The van der Waals surface area contributed by atoms with Gasteiger partial charge in [-0.25, -0.2) is 4.79 Å². The summed E-state index contributed by atoms with van der Waals surface area (Å²) in [5.41, 5.74) is 6.91. The van der Waals surface area contributed by atoms with Crippen LogP contribution >= 0.6 is 0 Å². The third-order valence-corrected chi connectivity index (χ3v) is 6.16. The zero-order valence-electron chi connectivity index (χ0n) is 16.7. The van der Waals surface area contributed by atoms with Gasteiger partial charge in [0.1, 0.15) is 0 Å². The van der Waals surface area contributed by atoms with Gasteiger partial charge in [-0.3, -0.25) is 4.90 Å². The number of carboxylic acid groups (broad SMARTS) is 1. The summed E-state index contributed by atoms with van der Waals surface area (Å²) in [5, 5.41) is 10.4. The number of aryl methyl sites for hydroxylation is 2. The van der Waals surface area contributed by atoms with Gasteiger partial charge < -0.3 is 10.1 Å². The minimum atomic E-state index is -0.865. The molecule has 1 fully saturated rings. The maximum atomic E-state index is 11.1. The molecule has 1 saturated heterocycles. The molecule has 4 rings (SSSR count). The fourth-order valence-electron chi connectivity index (χ4n) is 4.61. The first-order valence-electron chi connectivity index (χ1n) is 10.2. The number of benzene rings is 2. The first-order chi connectivity index (χ1) is 13.5. The largest absolute Gasteiger partial charge is 0.478 e. The molecule has 0 spiro atoms. The fourth-order valence-corrected chi connectivity index (χ4v) is 4.61. The molecule has 3 aromatic rings. The molecule has 0 amide bonds. The number of nitrogens with one attached hydrogen (secondary N) is 1. The van der Waals surface area contributed by atoms with Gasteiger partial charge in [-0.15, -0.1) is 0 Å². The number of likely N-dealkylation sites (tertiary alicyclic amines) is 1. The predicted octanol–water partition coefficient (Wildman–Crippen LogP) is 5.08. The Hall–Kier alpha value is -2.59. The summed E-state index contributed by atoms with van der Waals surface area (Å²) < 4.78 is 0. The Labute approximate surface area is 166 Å².